The molecule has 5 nitrogen and oxygen atoms in total. The van der Waals surface area contributed by atoms with E-state index in [-0.39, 0.29) is 21.4 Å². The number of nitrogens with one attached hydrogen (secondary N) is 1. The number of ether oxygens (including phenoxy) is 1. The number of anilines is 1. The Bertz CT molecular complexity index is 720. The predicted molar refractivity (Wildman–Crippen MR) is 79.5 cm³/mol. The standard InChI is InChI=1S/C12H12ClNO4S2/c1-7-6-10(19-12(7)13)20(16,17)14-11-8(15)4-3-5-9(11)18-2/h3-6,14-15H,1-2H3. The van der Waals surface area contributed by atoms with Gasteiger partial charge in [-0.1, -0.05) is 17.7 Å². The van der Waals surface area contributed by atoms with Crippen LogP contribution in [0.15, 0.2) is 28.5 Å². The Morgan fingerprint density at radius 2 is 2.10 bits per heavy atom. The van der Waals surface area contributed by atoms with E-state index in [0.29, 0.717) is 9.90 Å². The van der Waals surface area contributed by atoms with E-state index < -0.39 is 10.0 Å². The molecule has 0 amide bonds. The molecule has 0 saturated heterocycles. The number of benzene rings is 1. The second kappa shape index (κ2) is 5.51. The molecule has 0 atom stereocenters. The van der Waals surface area contributed by atoms with E-state index in [1.54, 1.807) is 19.1 Å². The molecule has 2 aromatic rings. The van der Waals surface area contributed by atoms with Crippen LogP contribution >= 0.6 is 22.9 Å². The molecule has 0 bridgehead atoms. The fourth-order valence-corrected chi connectivity index (χ4v) is 4.33. The van der Waals surface area contributed by atoms with Crippen molar-refractivity contribution in [2.45, 2.75) is 11.1 Å². The summed E-state index contributed by atoms with van der Waals surface area (Å²) in [6.45, 7) is 1.72. The average molecular weight is 334 g/mol. The highest BCUT2D eigenvalue weighted by atomic mass is 35.5. The summed E-state index contributed by atoms with van der Waals surface area (Å²) in [5, 5.41) is 9.76. The number of halogens is 1. The number of aryl methyl sites for hydroxylation is 1. The molecule has 1 heterocycles. The van der Waals surface area contributed by atoms with E-state index in [0.717, 1.165) is 11.3 Å². The Balaban J connectivity index is 2.43. The minimum Gasteiger partial charge on any atom is -0.506 e. The molecule has 0 radical (unpaired) electrons. The molecule has 0 unspecified atom stereocenters. The topological polar surface area (TPSA) is 75.6 Å². The summed E-state index contributed by atoms with van der Waals surface area (Å²) in [6, 6.07) is 5.94. The Kier molecular flexibility index (Phi) is 4.12. The number of hydrogen-bond donors (Lipinski definition) is 2. The fraction of sp³-hybridized carbons (Fsp3) is 0.167. The summed E-state index contributed by atoms with van der Waals surface area (Å²) in [6.07, 6.45) is 0. The highest BCUT2D eigenvalue weighted by molar-refractivity contribution is 7.94. The molecule has 0 aliphatic carbocycles. The average Bonchev–Trinajstić information content (AvgIpc) is 2.73. The van der Waals surface area contributed by atoms with Gasteiger partial charge in [-0.25, -0.2) is 8.42 Å². The van der Waals surface area contributed by atoms with Gasteiger partial charge in [-0.05, 0) is 30.7 Å². The van der Waals surface area contributed by atoms with Crippen LogP contribution in [0, 0.1) is 6.92 Å². The van der Waals surface area contributed by atoms with Gasteiger partial charge in [0.1, 0.15) is 21.4 Å². The number of aromatic hydroxyl groups is 1. The Morgan fingerprint density at radius 3 is 2.65 bits per heavy atom. The van der Waals surface area contributed by atoms with Gasteiger partial charge < -0.3 is 9.84 Å². The minimum atomic E-state index is -3.83. The van der Waals surface area contributed by atoms with Crippen molar-refractivity contribution in [2.75, 3.05) is 11.8 Å². The number of sulfonamides is 1. The van der Waals surface area contributed by atoms with E-state index in [4.69, 9.17) is 16.3 Å². The van der Waals surface area contributed by atoms with Crippen LogP contribution < -0.4 is 9.46 Å². The van der Waals surface area contributed by atoms with Gasteiger partial charge in [-0.2, -0.15) is 0 Å². The lowest BCUT2D eigenvalue weighted by atomic mass is 10.3. The van der Waals surface area contributed by atoms with E-state index in [1.807, 2.05) is 0 Å². The van der Waals surface area contributed by atoms with E-state index in [2.05, 4.69) is 4.72 Å². The molecule has 0 aliphatic heterocycles. The van der Waals surface area contributed by atoms with Crippen molar-refractivity contribution in [2.24, 2.45) is 0 Å². The van der Waals surface area contributed by atoms with Crippen LogP contribution in [0.1, 0.15) is 5.56 Å². The molecule has 0 spiro atoms. The zero-order valence-corrected chi connectivity index (χ0v) is 13.1. The fourth-order valence-electron chi connectivity index (χ4n) is 1.54. The molecule has 0 fully saturated rings. The van der Waals surface area contributed by atoms with Crippen LogP contribution in [0.5, 0.6) is 11.5 Å². The summed E-state index contributed by atoms with van der Waals surface area (Å²) in [5.74, 6) is 0.0141. The Morgan fingerprint density at radius 1 is 1.40 bits per heavy atom. The largest absolute Gasteiger partial charge is 0.506 e. The number of para-hydroxylation sites is 1. The zero-order valence-electron chi connectivity index (χ0n) is 10.7. The first-order valence-corrected chi connectivity index (χ1v) is 8.17. The van der Waals surface area contributed by atoms with Gasteiger partial charge in [0.2, 0.25) is 0 Å². The maximum atomic E-state index is 12.3. The summed E-state index contributed by atoms with van der Waals surface area (Å²) in [4.78, 5) is 0. The monoisotopic (exact) mass is 333 g/mol. The van der Waals surface area contributed by atoms with Crippen LogP contribution in [-0.4, -0.2) is 20.6 Å². The highest BCUT2D eigenvalue weighted by Gasteiger charge is 2.22. The molecule has 108 valence electrons. The number of rotatable bonds is 4. The van der Waals surface area contributed by atoms with Crippen LogP contribution in [0.2, 0.25) is 4.34 Å². The first-order chi connectivity index (χ1) is 9.35. The summed E-state index contributed by atoms with van der Waals surface area (Å²) >= 11 is 6.83. The van der Waals surface area contributed by atoms with E-state index in [9.17, 15) is 13.5 Å². The first-order valence-electron chi connectivity index (χ1n) is 5.50. The lowest BCUT2D eigenvalue weighted by Crippen LogP contribution is -2.12. The lowest BCUT2D eigenvalue weighted by Gasteiger charge is -2.12. The SMILES string of the molecule is COc1cccc(O)c1NS(=O)(=O)c1cc(C)c(Cl)s1. The molecule has 20 heavy (non-hydrogen) atoms. The molecular weight excluding hydrogens is 322 g/mol. The normalized spacial score (nSPS) is 11.3. The van der Waals surface area contributed by atoms with Crippen molar-refractivity contribution in [3.8, 4) is 11.5 Å². The van der Waals surface area contributed by atoms with Gasteiger partial charge in [0, 0.05) is 0 Å². The number of phenolic OH excluding ortho intramolecular Hbond substituents is 1. The third-order valence-electron chi connectivity index (χ3n) is 2.56. The molecule has 0 aliphatic rings. The number of thiophene rings is 1. The van der Waals surface area contributed by atoms with E-state index in [1.165, 1.54) is 19.2 Å². The Labute approximate surface area is 125 Å². The molecule has 1 aromatic carbocycles. The van der Waals surface area contributed by atoms with E-state index >= 15 is 0 Å². The maximum absolute atomic E-state index is 12.3. The van der Waals surface area contributed by atoms with Crippen molar-refractivity contribution < 1.29 is 18.3 Å². The number of methoxy groups -OCH3 is 1. The van der Waals surface area contributed by atoms with Crippen LogP contribution in [0.25, 0.3) is 0 Å². The van der Waals surface area contributed by atoms with Crippen molar-refractivity contribution >= 4 is 38.6 Å². The third kappa shape index (κ3) is 2.84. The molecule has 0 saturated carbocycles. The smallest absolute Gasteiger partial charge is 0.271 e. The lowest BCUT2D eigenvalue weighted by molar-refractivity contribution is 0.411. The van der Waals surface area contributed by atoms with Crippen molar-refractivity contribution in [3.05, 3.63) is 34.2 Å². The van der Waals surface area contributed by atoms with Crippen molar-refractivity contribution in [3.63, 3.8) is 0 Å². The molecule has 2 rings (SSSR count). The second-order valence-electron chi connectivity index (χ2n) is 3.98. The summed E-state index contributed by atoms with van der Waals surface area (Å²) in [7, 11) is -2.44. The summed E-state index contributed by atoms with van der Waals surface area (Å²) < 4.78 is 32.3. The molecule has 1 aromatic heterocycles. The minimum absolute atomic E-state index is 0.00262. The first kappa shape index (κ1) is 15.0. The van der Waals surface area contributed by atoms with Crippen LogP contribution in [0.4, 0.5) is 5.69 Å². The second-order valence-corrected chi connectivity index (χ2v) is 7.55. The van der Waals surface area contributed by atoms with Gasteiger partial charge in [0.15, 0.2) is 0 Å². The predicted octanol–water partition coefficient (Wildman–Crippen LogP) is 3.22. The highest BCUT2D eigenvalue weighted by Crippen LogP contribution is 2.37. The van der Waals surface area contributed by atoms with Gasteiger partial charge in [-0.3, -0.25) is 4.72 Å². The van der Waals surface area contributed by atoms with Gasteiger partial charge in [0.05, 0.1) is 11.4 Å². The number of hydrogen-bond acceptors (Lipinski definition) is 5. The number of phenols is 1. The Hall–Kier alpha value is -1.44. The maximum Gasteiger partial charge on any atom is 0.271 e. The third-order valence-corrected chi connectivity index (χ3v) is 5.94. The quantitative estimate of drug-likeness (QED) is 0.842. The van der Waals surface area contributed by atoms with Crippen molar-refractivity contribution in [1.29, 1.82) is 0 Å². The van der Waals surface area contributed by atoms with Gasteiger partial charge >= 0.3 is 0 Å². The van der Waals surface area contributed by atoms with Gasteiger partial charge in [-0.15, -0.1) is 11.3 Å². The molecular formula is C12H12ClNO4S2. The van der Waals surface area contributed by atoms with Crippen LogP contribution in [0.3, 0.4) is 0 Å². The summed E-state index contributed by atoms with van der Waals surface area (Å²) in [5.41, 5.74) is 0.679. The zero-order chi connectivity index (χ0) is 14.9. The molecule has 8 heteroatoms. The van der Waals surface area contributed by atoms with Crippen LogP contribution in [-0.2, 0) is 10.0 Å². The molecule has 2 N–H and O–H groups in total. The van der Waals surface area contributed by atoms with Crippen molar-refractivity contribution in [1.82, 2.24) is 0 Å². The van der Waals surface area contributed by atoms with Gasteiger partial charge in [0.25, 0.3) is 10.0 Å².